The topological polar surface area (TPSA) is 76.5 Å². The third kappa shape index (κ3) is 6.69. The molecule has 0 saturated carbocycles. The van der Waals surface area contributed by atoms with E-state index in [1.165, 1.54) is 0 Å². The first-order chi connectivity index (χ1) is 5.66. The van der Waals surface area contributed by atoms with Gasteiger partial charge in [0, 0.05) is 6.54 Å². The number of aliphatic carboxylic acids is 1. The number of carboxylic acids is 1. The van der Waals surface area contributed by atoms with Crippen LogP contribution in [0.25, 0.3) is 0 Å². The Labute approximate surface area is 75.2 Å². The van der Waals surface area contributed by atoms with E-state index >= 15 is 0 Å². The molecule has 0 atom stereocenters. The van der Waals surface area contributed by atoms with E-state index < -0.39 is 5.97 Å². The molecule has 0 amide bonds. The summed E-state index contributed by atoms with van der Waals surface area (Å²) < 4.78 is 0. The van der Waals surface area contributed by atoms with Crippen molar-refractivity contribution in [1.82, 2.24) is 10.7 Å². The van der Waals surface area contributed by atoms with Crippen LogP contribution in [-0.4, -0.2) is 23.8 Å². The number of hydrazone groups is 1. The maximum Gasteiger partial charge on any atom is 0.187 e. The normalized spacial score (nSPS) is 9.33. The summed E-state index contributed by atoms with van der Waals surface area (Å²) in [5, 5.41) is 16.0. The smallest absolute Gasteiger partial charge is 0.187 e. The predicted octanol–water partition coefficient (Wildman–Crippen LogP) is -1.63. The van der Waals surface area contributed by atoms with Crippen molar-refractivity contribution in [1.29, 1.82) is 0 Å². The Bertz CT molecular complexity index is 215. The molecule has 66 valence electrons. The molecule has 0 bridgehead atoms. The van der Waals surface area contributed by atoms with E-state index in [1.54, 1.807) is 6.08 Å². The second-order valence-corrected chi connectivity index (χ2v) is 2.10. The Hall–Kier alpha value is -1.43. The Morgan fingerprint density at radius 1 is 1.75 bits per heavy atom. The number of nitrogens with zero attached hydrogens (tertiary/aromatic N) is 1. The van der Waals surface area contributed by atoms with Gasteiger partial charge in [-0.3, -0.25) is 5.43 Å². The second kappa shape index (κ2) is 6.29. The van der Waals surface area contributed by atoms with Crippen LogP contribution < -0.4 is 15.8 Å². The molecule has 0 unspecified atom stereocenters. The average Bonchev–Trinajstić information content (AvgIpc) is 2.00. The van der Waals surface area contributed by atoms with E-state index in [0.29, 0.717) is 12.8 Å². The van der Waals surface area contributed by atoms with Crippen LogP contribution >= 0.6 is 12.2 Å². The molecule has 0 spiro atoms. The van der Waals surface area contributed by atoms with E-state index in [4.69, 9.17) is 0 Å². The Kier molecular flexibility index (Phi) is 5.54. The van der Waals surface area contributed by atoms with Gasteiger partial charge in [0.25, 0.3) is 0 Å². The van der Waals surface area contributed by atoms with Crippen molar-refractivity contribution >= 4 is 29.5 Å². The fourth-order valence-electron chi connectivity index (χ4n) is 0.348. The number of nitrogens with one attached hydrogen (secondary N) is 2. The summed E-state index contributed by atoms with van der Waals surface area (Å²) in [4.78, 5) is 9.81. The number of rotatable bonds is 4. The lowest BCUT2D eigenvalue weighted by atomic mass is 10.6. The predicted molar refractivity (Wildman–Crippen MR) is 47.4 cm³/mol. The van der Waals surface area contributed by atoms with Crippen LogP contribution in [0.15, 0.2) is 17.8 Å². The number of hydrogen-bond donors (Lipinski definition) is 2. The number of carboxylic acid groups (broad SMARTS) is 1. The third-order valence-electron chi connectivity index (χ3n) is 0.743. The quantitative estimate of drug-likeness (QED) is 0.239. The number of carbonyl (C=O) groups is 1. The van der Waals surface area contributed by atoms with Crippen molar-refractivity contribution < 1.29 is 9.90 Å². The van der Waals surface area contributed by atoms with Gasteiger partial charge < -0.3 is 15.2 Å². The standard InChI is InChI=1S/C6H9N3O2S/c1-2-3-7-6(12)9-8-4-5(10)11/h2,4H,1,3H2,(H,10,11)(H2,7,9,12)/p-1/b8-4-. The molecule has 0 saturated heterocycles. The lowest BCUT2D eigenvalue weighted by molar-refractivity contribution is -0.293. The highest BCUT2D eigenvalue weighted by molar-refractivity contribution is 7.80. The van der Waals surface area contributed by atoms with Crippen molar-refractivity contribution in [3.63, 3.8) is 0 Å². The van der Waals surface area contributed by atoms with Crippen molar-refractivity contribution in [2.45, 2.75) is 0 Å². The summed E-state index contributed by atoms with van der Waals surface area (Å²) >= 11 is 4.67. The third-order valence-corrected chi connectivity index (χ3v) is 0.979. The van der Waals surface area contributed by atoms with Crippen molar-refractivity contribution in [2.75, 3.05) is 6.54 Å². The second-order valence-electron chi connectivity index (χ2n) is 1.69. The van der Waals surface area contributed by atoms with Crippen molar-refractivity contribution in [3.8, 4) is 0 Å². The number of hydrogen-bond acceptors (Lipinski definition) is 4. The first-order valence-electron chi connectivity index (χ1n) is 3.05. The molecule has 0 aliphatic carbocycles. The van der Waals surface area contributed by atoms with Gasteiger partial charge in [-0.1, -0.05) is 6.08 Å². The molecule has 0 radical (unpaired) electrons. The lowest BCUT2D eigenvalue weighted by Gasteiger charge is -2.02. The first-order valence-corrected chi connectivity index (χ1v) is 3.46. The van der Waals surface area contributed by atoms with Gasteiger partial charge in [-0.05, 0) is 12.2 Å². The summed E-state index contributed by atoms with van der Waals surface area (Å²) in [7, 11) is 0. The molecule has 2 N–H and O–H groups in total. The van der Waals surface area contributed by atoms with Gasteiger partial charge in [0.1, 0.15) is 0 Å². The lowest BCUT2D eigenvalue weighted by Crippen LogP contribution is -2.33. The zero-order valence-corrected chi connectivity index (χ0v) is 7.06. The summed E-state index contributed by atoms with van der Waals surface area (Å²) in [6, 6.07) is 0. The molecule has 0 aliphatic heterocycles. The molecule has 0 aromatic carbocycles. The summed E-state index contributed by atoms with van der Waals surface area (Å²) in [6.07, 6.45) is 2.21. The fourth-order valence-corrected chi connectivity index (χ4v) is 0.484. The van der Waals surface area contributed by atoms with Gasteiger partial charge >= 0.3 is 0 Å². The number of carbonyl (C=O) groups excluding carboxylic acids is 1. The molecule has 5 nitrogen and oxygen atoms in total. The molecule has 0 heterocycles. The number of thiocarbonyl (C=S) groups is 1. The first kappa shape index (κ1) is 10.6. The van der Waals surface area contributed by atoms with E-state index in [0.717, 1.165) is 0 Å². The van der Waals surface area contributed by atoms with Crippen molar-refractivity contribution in [3.05, 3.63) is 12.7 Å². The van der Waals surface area contributed by atoms with Gasteiger partial charge in [-0.15, -0.1) is 6.58 Å². The highest BCUT2D eigenvalue weighted by atomic mass is 32.1. The van der Waals surface area contributed by atoms with E-state index in [9.17, 15) is 9.90 Å². The zero-order valence-electron chi connectivity index (χ0n) is 6.24. The highest BCUT2D eigenvalue weighted by Crippen LogP contribution is 1.66. The monoisotopic (exact) mass is 186 g/mol. The fraction of sp³-hybridized carbons (Fsp3) is 0.167. The summed E-state index contributed by atoms with van der Waals surface area (Å²) in [5.74, 6) is -1.38. The molecule has 0 aromatic heterocycles. The van der Waals surface area contributed by atoms with E-state index in [2.05, 4.69) is 34.6 Å². The van der Waals surface area contributed by atoms with Gasteiger partial charge in [0.05, 0.1) is 12.2 Å². The molecule has 0 rings (SSSR count). The average molecular weight is 186 g/mol. The SMILES string of the molecule is C=CCNC(=S)N/N=C\C(=O)[O-]. The van der Waals surface area contributed by atoms with Gasteiger partial charge in [-0.2, -0.15) is 5.10 Å². The van der Waals surface area contributed by atoms with Gasteiger partial charge in [-0.25, -0.2) is 0 Å². The minimum Gasteiger partial charge on any atom is -0.544 e. The maximum absolute atomic E-state index is 9.81. The van der Waals surface area contributed by atoms with E-state index in [-0.39, 0.29) is 5.11 Å². The molecule has 12 heavy (non-hydrogen) atoms. The van der Waals surface area contributed by atoms with Crippen LogP contribution in [0.1, 0.15) is 0 Å². The van der Waals surface area contributed by atoms with Gasteiger partial charge in [0.15, 0.2) is 5.11 Å². The largest absolute Gasteiger partial charge is 0.544 e. The molecule has 6 heteroatoms. The molecule has 0 aromatic rings. The van der Waals surface area contributed by atoms with Crippen LogP contribution in [-0.2, 0) is 4.79 Å². The van der Waals surface area contributed by atoms with E-state index in [1.807, 2.05) is 0 Å². The Balaban J connectivity index is 3.56. The molecular formula is C6H8N3O2S-. The van der Waals surface area contributed by atoms with Crippen LogP contribution in [0.5, 0.6) is 0 Å². The zero-order chi connectivity index (χ0) is 9.40. The van der Waals surface area contributed by atoms with Gasteiger partial charge in [0.2, 0.25) is 0 Å². The Morgan fingerprint density at radius 3 is 2.92 bits per heavy atom. The minimum absolute atomic E-state index is 0.229. The van der Waals surface area contributed by atoms with Crippen LogP contribution in [0.3, 0.4) is 0 Å². The van der Waals surface area contributed by atoms with Crippen molar-refractivity contribution in [2.24, 2.45) is 5.10 Å². The molecule has 0 aliphatic rings. The molecule has 0 fully saturated rings. The summed E-state index contributed by atoms with van der Waals surface area (Å²) in [6.45, 7) is 3.94. The van der Waals surface area contributed by atoms with Crippen LogP contribution in [0.4, 0.5) is 0 Å². The molecular weight excluding hydrogens is 178 g/mol. The summed E-state index contributed by atoms with van der Waals surface area (Å²) in [5.41, 5.74) is 2.27. The maximum atomic E-state index is 9.81. The van der Waals surface area contributed by atoms with Crippen LogP contribution in [0.2, 0.25) is 0 Å². The van der Waals surface area contributed by atoms with Crippen LogP contribution in [0, 0.1) is 0 Å². The highest BCUT2D eigenvalue weighted by Gasteiger charge is 1.86. The Morgan fingerprint density at radius 2 is 2.42 bits per heavy atom. The minimum atomic E-state index is -1.38.